The van der Waals surface area contributed by atoms with Gasteiger partial charge >= 0.3 is 0 Å². The Kier molecular flexibility index (Phi) is 5.54. The second kappa shape index (κ2) is 6.55. The number of carbonyl (C=O) groups excluding carboxylic acids is 1. The molecule has 0 spiro atoms. The number of rotatable bonds is 3. The Morgan fingerprint density at radius 3 is 2.55 bits per heavy atom. The van der Waals surface area contributed by atoms with Crippen LogP contribution in [0.1, 0.15) is 49.8 Å². The van der Waals surface area contributed by atoms with Crippen molar-refractivity contribution in [3.63, 3.8) is 0 Å². The number of nitrogens with one attached hydrogen (secondary N) is 1. The first-order valence-corrected chi connectivity index (χ1v) is 6.78. The summed E-state index contributed by atoms with van der Waals surface area (Å²) in [5.41, 5.74) is 6.73. The van der Waals surface area contributed by atoms with Gasteiger partial charge in [0.1, 0.15) is 5.82 Å². The highest BCUT2D eigenvalue weighted by molar-refractivity contribution is 5.86. The Morgan fingerprint density at radius 2 is 2.00 bits per heavy atom. The molecule has 0 bridgehead atoms. The maximum Gasteiger partial charge on any atom is 0.240 e. The lowest BCUT2D eigenvalue weighted by Gasteiger charge is -2.25. The van der Waals surface area contributed by atoms with Gasteiger partial charge in [-0.1, -0.05) is 25.0 Å². The van der Waals surface area contributed by atoms with Crippen LogP contribution < -0.4 is 11.1 Å². The van der Waals surface area contributed by atoms with E-state index in [9.17, 15) is 9.18 Å². The zero-order valence-electron chi connectivity index (χ0n) is 11.9. The molecule has 20 heavy (non-hydrogen) atoms. The van der Waals surface area contributed by atoms with Crippen molar-refractivity contribution in [1.82, 2.24) is 5.32 Å². The monoisotopic (exact) mass is 300 g/mol. The van der Waals surface area contributed by atoms with Crippen molar-refractivity contribution in [2.75, 3.05) is 0 Å². The molecule has 1 atom stereocenters. The summed E-state index contributed by atoms with van der Waals surface area (Å²) >= 11 is 0. The number of halogens is 2. The Balaban J connectivity index is 0.00000200. The van der Waals surface area contributed by atoms with E-state index in [0.29, 0.717) is 5.56 Å². The van der Waals surface area contributed by atoms with Crippen LogP contribution in [0.2, 0.25) is 0 Å². The molecule has 0 aromatic heterocycles. The summed E-state index contributed by atoms with van der Waals surface area (Å²) in [4.78, 5) is 12.2. The lowest BCUT2D eigenvalue weighted by Crippen LogP contribution is -2.52. The van der Waals surface area contributed by atoms with Gasteiger partial charge in [0, 0.05) is 0 Å². The first kappa shape index (κ1) is 16.9. The molecule has 1 aliphatic rings. The number of amides is 1. The summed E-state index contributed by atoms with van der Waals surface area (Å²) in [7, 11) is 0. The van der Waals surface area contributed by atoms with Gasteiger partial charge in [-0.05, 0) is 43.9 Å². The summed E-state index contributed by atoms with van der Waals surface area (Å²) in [5, 5.41) is 2.89. The Morgan fingerprint density at radius 1 is 1.40 bits per heavy atom. The summed E-state index contributed by atoms with van der Waals surface area (Å²) in [6, 6.07) is 4.80. The Bertz CT molecular complexity index is 487. The lowest BCUT2D eigenvalue weighted by atomic mass is 9.97. The van der Waals surface area contributed by atoms with E-state index < -0.39 is 5.54 Å². The average molecular weight is 301 g/mol. The molecule has 5 heteroatoms. The lowest BCUT2D eigenvalue weighted by molar-refractivity contribution is -0.126. The molecule has 0 saturated heterocycles. The van der Waals surface area contributed by atoms with Crippen molar-refractivity contribution in [2.24, 2.45) is 5.73 Å². The molecule has 1 aromatic carbocycles. The van der Waals surface area contributed by atoms with Gasteiger partial charge in [0.15, 0.2) is 0 Å². The number of nitrogens with two attached hydrogens (primary N) is 1. The van der Waals surface area contributed by atoms with Crippen LogP contribution in [-0.2, 0) is 4.79 Å². The molecule has 1 fully saturated rings. The van der Waals surface area contributed by atoms with E-state index >= 15 is 0 Å². The zero-order valence-corrected chi connectivity index (χ0v) is 12.7. The van der Waals surface area contributed by atoms with Gasteiger partial charge in [0.2, 0.25) is 5.91 Å². The molecule has 1 amide bonds. The van der Waals surface area contributed by atoms with Crippen LogP contribution in [0, 0.1) is 12.7 Å². The molecule has 0 aliphatic heterocycles. The van der Waals surface area contributed by atoms with Gasteiger partial charge in [0.05, 0.1) is 11.6 Å². The summed E-state index contributed by atoms with van der Waals surface area (Å²) in [6.07, 6.45) is 3.45. The van der Waals surface area contributed by atoms with Crippen LogP contribution in [0.4, 0.5) is 4.39 Å². The minimum absolute atomic E-state index is 0. The highest BCUT2D eigenvalue weighted by Crippen LogP contribution is 2.28. The van der Waals surface area contributed by atoms with Crippen LogP contribution in [0.15, 0.2) is 18.2 Å². The summed E-state index contributed by atoms with van der Waals surface area (Å²) in [6.45, 7) is 3.57. The first-order chi connectivity index (χ1) is 8.92. The molecule has 1 saturated carbocycles. The SMILES string of the molecule is Cc1ccc(C(C)NC(=O)C2(N)CCCC2)cc1F.Cl. The van der Waals surface area contributed by atoms with Crippen molar-refractivity contribution in [1.29, 1.82) is 0 Å². The van der Waals surface area contributed by atoms with Crippen molar-refractivity contribution < 1.29 is 9.18 Å². The zero-order chi connectivity index (χ0) is 14.0. The van der Waals surface area contributed by atoms with E-state index in [1.165, 1.54) is 6.07 Å². The molecule has 1 unspecified atom stereocenters. The van der Waals surface area contributed by atoms with Gasteiger partial charge in [-0.2, -0.15) is 0 Å². The number of hydrogen-bond acceptors (Lipinski definition) is 2. The Labute approximate surface area is 125 Å². The highest BCUT2D eigenvalue weighted by atomic mass is 35.5. The van der Waals surface area contributed by atoms with Crippen LogP contribution in [0.5, 0.6) is 0 Å². The first-order valence-electron chi connectivity index (χ1n) is 6.78. The third-order valence-corrected chi connectivity index (χ3v) is 3.99. The van der Waals surface area contributed by atoms with E-state index in [2.05, 4.69) is 5.32 Å². The second-order valence-corrected chi connectivity index (χ2v) is 5.57. The van der Waals surface area contributed by atoms with Crippen LogP contribution >= 0.6 is 12.4 Å². The topological polar surface area (TPSA) is 55.1 Å². The highest BCUT2D eigenvalue weighted by Gasteiger charge is 2.37. The molecule has 0 heterocycles. The fourth-order valence-corrected chi connectivity index (χ4v) is 2.54. The minimum Gasteiger partial charge on any atom is -0.348 e. The Hall–Kier alpha value is -1.13. The van der Waals surface area contributed by atoms with Crippen LogP contribution in [0.25, 0.3) is 0 Å². The van der Waals surface area contributed by atoms with Crippen molar-refractivity contribution in [3.8, 4) is 0 Å². The molecule has 1 aromatic rings. The van der Waals surface area contributed by atoms with E-state index in [0.717, 1.165) is 31.2 Å². The fourth-order valence-electron chi connectivity index (χ4n) is 2.54. The maximum atomic E-state index is 13.5. The largest absolute Gasteiger partial charge is 0.348 e. The van der Waals surface area contributed by atoms with Crippen molar-refractivity contribution >= 4 is 18.3 Å². The van der Waals surface area contributed by atoms with E-state index in [1.54, 1.807) is 13.0 Å². The molecular formula is C15H22ClFN2O. The number of benzene rings is 1. The van der Waals surface area contributed by atoms with Crippen LogP contribution in [0.3, 0.4) is 0 Å². The molecule has 3 N–H and O–H groups in total. The number of hydrogen-bond donors (Lipinski definition) is 2. The summed E-state index contributed by atoms with van der Waals surface area (Å²) in [5.74, 6) is -0.375. The summed E-state index contributed by atoms with van der Waals surface area (Å²) < 4.78 is 13.5. The normalized spacial score (nSPS) is 18.2. The molecule has 1 aliphatic carbocycles. The third kappa shape index (κ3) is 3.49. The van der Waals surface area contributed by atoms with E-state index in [1.807, 2.05) is 13.0 Å². The van der Waals surface area contributed by atoms with Gasteiger partial charge in [0.25, 0.3) is 0 Å². The smallest absolute Gasteiger partial charge is 0.240 e. The average Bonchev–Trinajstić information content (AvgIpc) is 2.81. The predicted octanol–water partition coefficient (Wildman–Crippen LogP) is 3.00. The fraction of sp³-hybridized carbons (Fsp3) is 0.533. The molecule has 2 rings (SSSR count). The molecule has 0 radical (unpaired) electrons. The third-order valence-electron chi connectivity index (χ3n) is 3.99. The van der Waals surface area contributed by atoms with E-state index in [4.69, 9.17) is 5.73 Å². The van der Waals surface area contributed by atoms with Crippen molar-refractivity contribution in [3.05, 3.63) is 35.1 Å². The molecule has 112 valence electrons. The van der Waals surface area contributed by atoms with Gasteiger partial charge < -0.3 is 11.1 Å². The van der Waals surface area contributed by atoms with Gasteiger partial charge in [-0.25, -0.2) is 4.39 Å². The quantitative estimate of drug-likeness (QED) is 0.901. The van der Waals surface area contributed by atoms with Gasteiger partial charge in [-0.15, -0.1) is 12.4 Å². The second-order valence-electron chi connectivity index (χ2n) is 5.57. The maximum absolute atomic E-state index is 13.5. The molecular weight excluding hydrogens is 279 g/mol. The number of carbonyl (C=O) groups is 1. The van der Waals surface area contributed by atoms with Crippen molar-refractivity contribution in [2.45, 2.75) is 51.1 Å². The van der Waals surface area contributed by atoms with Crippen LogP contribution in [-0.4, -0.2) is 11.4 Å². The predicted molar refractivity (Wildman–Crippen MR) is 80.3 cm³/mol. The van der Waals surface area contributed by atoms with Gasteiger partial charge in [-0.3, -0.25) is 4.79 Å². The standard InChI is InChI=1S/C15H21FN2O.ClH/c1-10-5-6-12(9-13(10)16)11(2)18-14(19)15(17)7-3-4-8-15;/h5-6,9,11H,3-4,7-8,17H2,1-2H3,(H,18,19);1H. The number of aryl methyl sites for hydroxylation is 1. The van der Waals surface area contributed by atoms with E-state index in [-0.39, 0.29) is 30.2 Å². The minimum atomic E-state index is -0.739. The molecule has 3 nitrogen and oxygen atoms in total.